The number of phenolic OH excluding ortho intramolecular Hbond substituents is 1. The van der Waals surface area contributed by atoms with Crippen LogP contribution in [0.3, 0.4) is 0 Å². The third-order valence-corrected chi connectivity index (χ3v) is 14.1. The summed E-state index contributed by atoms with van der Waals surface area (Å²) < 4.78 is 36.2. The Kier molecular flexibility index (Phi) is 7.99. The van der Waals surface area contributed by atoms with Crippen LogP contribution in [0, 0.1) is 25.2 Å². The topological polar surface area (TPSA) is 177 Å². The first kappa shape index (κ1) is 35.3. The van der Waals surface area contributed by atoms with Crippen LogP contribution in [-0.2, 0) is 32.7 Å². The molecule has 0 amide bonds. The van der Waals surface area contributed by atoms with Gasteiger partial charge in [0.25, 0.3) is 0 Å². The number of piperazine rings is 1. The van der Waals surface area contributed by atoms with Crippen molar-refractivity contribution in [2.75, 3.05) is 39.9 Å². The molecular formula is C41H41N5O9S. The van der Waals surface area contributed by atoms with E-state index in [9.17, 15) is 20.0 Å². The van der Waals surface area contributed by atoms with E-state index in [0.717, 1.165) is 33.3 Å². The number of thioether (sulfide) groups is 1. The van der Waals surface area contributed by atoms with Crippen LogP contribution in [0.15, 0.2) is 24.3 Å². The molecule has 7 atom stereocenters. The molecule has 3 aromatic carbocycles. The molecule has 14 nitrogen and oxygen atoms in total. The molecule has 0 saturated carbocycles. The Morgan fingerprint density at radius 3 is 2.68 bits per heavy atom. The fraction of sp³-hybridized carbons (Fsp3) is 0.439. The first-order valence-electron chi connectivity index (χ1n) is 18.8. The van der Waals surface area contributed by atoms with Crippen molar-refractivity contribution in [1.29, 1.82) is 5.26 Å². The van der Waals surface area contributed by atoms with Crippen molar-refractivity contribution < 1.29 is 43.1 Å². The highest BCUT2D eigenvalue weighted by Crippen LogP contribution is 2.63. The Balaban J connectivity index is 1.23. The van der Waals surface area contributed by atoms with Crippen molar-refractivity contribution >= 4 is 34.6 Å². The molecule has 2 fully saturated rings. The van der Waals surface area contributed by atoms with Crippen LogP contribution in [0.5, 0.6) is 34.5 Å². The number of nitriles is 1. The average molecular weight is 780 g/mol. The second kappa shape index (κ2) is 12.7. The van der Waals surface area contributed by atoms with Gasteiger partial charge in [0, 0.05) is 64.5 Å². The molecular weight excluding hydrogens is 739 g/mol. The number of benzene rings is 3. The zero-order chi connectivity index (χ0) is 38.8. The van der Waals surface area contributed by atoms with E-state index in [0.29, 0.717) is 70.4 Å². The van der Waals surface area contributed by atoms with E-state index in [-0.39, 0.29) is 30.9 Å². The van der Waals surface area contributed by atoms with Gasteiger partial charge in [-0.25, -0.2) is 4.79 Å². The SMILES string of the molecule is COc1ccc2[nH]c3c(c2c1)CCN[C@]31CS[C@@H]2c3c(OC(C)=O)c(C)c4c(c3[C@H](COC1=O)N1C2[C@@H]2N[C@@H](Cc3cc(C)c(OC)c(O)c32)[C@@H]1C#N)OCO4. The predicted molar refractivity (Wildman–Crippen MR) is 204 cm³/mol. The summed E-state index contributed by atoms with van der Waals surface area (Å²) in [7, 11) is 3.17. The van der Waals surface area contributed by atoms with Crippen LogP contribution >= 0.6 is 11.8 Å². The molecule has 2 saturated heterocycles. The van der Waals surface area contributed by atoms with Gasteiger partial charge in [0.05, 0.1) is 43.3 Å². The highest BCUT2D eigenvalue weighted by atomic mass is 32.2. The number of phenols is 1. The minimum absolute atomic E-state index is 0.0454. The van der Waals surface area contributed by atoms with Crippen molar-refractivity contribution in [2.24, 2.45) is 0 Å². The Bertz CT molecular complexity index is 2430. The van der Waals surface area contributed by atoms with Gasteiger partial charge in [-0.1, -0.05) is 6.07 Å². The van der Waals surface area contributed by atoms with E-state index in [1.165, 1.54) is 18.7 Å². The molecule has 1 aromatic heterocycles. The number of aromatic nitrogens is 1. The minimum atomic E-state index is -1.29. The number of aromatic amines is 1. The number of fused-ring (bicyclic) bond motifs is 11. The normalized spacial score (nSPS) is 28.4. The first-order valence-corrected chi connectivity index (χ1v) is 19.8. The Morgan fingerprint density at radius 2 is 1.91 bits per heavy atom. The van der Waals surface area contributed by atoms with Crippen molar-refractivity contribution in [1.82, 2.24) is 20.5 Å². The molecule has 11 rings (SSSR count). The second-order valence-corrected chi connectivity index (χ2v) is 16.5. The van der Waals surface area contributed by atoms with E-state index in [1.807, 2.05) is 38.1 Å². The van der Waals surface area contributed by atoms with Gasteiger partial charge in [0.15, 0.2) is 28.5 Å². The summed E-state index contributed by atoms with van der Waals surface area (Å²) in [6.45, 7) is 5.45. The van der Waals surface area contributed by atoms with Crippen LogP contribution in [0.1, 0.15) is 68.9 Å². The van der Waals surface area contributed by atoms with Crippen LogP contribution in [0.4, 0.5) is 0 Å². The number of nitrogens with one attached hydrogen (secondary N) is 3. The molecule has 4 aromatic rings. The molecule has 15 heteroatoms. The van der Waals surface area contributed by atoms with E-state index in [4.69, 9.17) is 28.4 Å². The molecule has 4 bridgehead atoms. The number of rotatable bonds is 3. The van der Waals surface area contributed by atoms with Gasteiger partial charge >= 0.3 is 11.9 Å². The summed E-state index contributed by atoms with van der Waals surface area (Å²) >= 11 is 1.52. The van der Waals surface area contributed by atoms with Gasteiger partial charge in [0.2, 0.25) is 6.79 Å². The van der Waals surface area contributed by atoms with Crippen molar-refractivity contribution in [3.8, 4) is 40.6 Å². The summed E-state index contributed by atoms with van der Waals surface area (Å²) in [4.78, 5) is 33.5. The Morgan fingerprint density at radius 1 is 1.09 bits per heavy atom. The number of ether oxygens (including phenoxy) is 6. The maximum absolute atomic E-state index is 14.9. The summed E-state index contributed by atoms with van der Waals surface area (Å²) in [6, 6.07) is 7.74. The lowest BCUT2D eigenvalue weighted by Gasteiger charge is -2.59. The Labute approximate surface area is 326 Å². The third kappa shape index (κ3) is 4.73. The van der Waals surface area contributed by atoms with Crippen molar-refractivity contribution in [2.45, 2.75) is 74.6 Å². The maximum atomic E-state index is 14.9. The van der Waals surface area contributed by atoms with Crippen molar-refractivity contribution in [3.05, 3.63) is 68.9 Å². The van der Waals surface area contributed by atoms with Gasteiger partial charge in [-0.05, 0) is 61.6 Å². The number of hydrogen-bond donors (Lipinski definition) is 4. The summed E-state index contributed by atoms with van der Waals surface area (Å²) in [5, 5.41) is 30.8. The van der Waals surface area contributed by atoms with E-state index >= 15 is 0 Å². The van der Waals surface area contributed by atoms with Crippen LogP contribution in [0.25, 0.3) is 10.9 Å². The quantitative estimate of drug-likeness (QED) is 0.170. The Hall–Kier alpha value is -5.14. The molecule has 1 spiro atoms. The van der Waals surface area contributed by atoms with Gasteiger partial charge in [-0.2, -0.15) is 5.26 Å². The average Bonchev–Trinajstić information content (AvgIpc) is 3.83. The largest absolute Gasteiger partial charge is 0.504 e. The summed E-state index contributed by atoms with van der Waals surface area (Å²) in [6.07, 6.45) is 1.16. The molecule has 1 unspecified atom stereocenters. The molecule has 7 aliphatic rings. The van der Waals surface area contributed by atoms with Crippen molar-refractivity contribution in [3.63, 3.8) is 0 Å². The molecule has 290 valence electrons. The van der Waals surface area contributed by atoms with Gasteiger partial charge in [-0.3, -0.25) is 15.0 Å². The van der Waals surface area contributed by atoms with E-state index < -0.39 is 46.9 Å². The molecule has 56 heavy (non-hydrogen) atoms. The fourth-order valence-corrected chi connectivity index (χ4v) is 12.0. The number of methoxy groups -OCH3 is 2. The number of carbonyl (C=O) groups is 2. The predicted octanol–water partition coefficient (Wildman–Crippen LogP) is 4.42. The minimum Gasteiger partial charge on any atom is -0.504 e. The highest BCUT2D eigenvalue weighted by molar-refractivity contribution is 7.99. The number of aryl methyl sites for hydroxylation is 1. The van der Waals surface area contributed by atoms with Gasteiger partial charge < -0.3 is 43.8 Å². The second-order valence-electron chi connectivity index (χ2n) is 15.4. The lowest BCUT2D eigenvalue weighted by molar-refractivity contribution is -0.155. The monoisotopic (exact) mass is 779 g/mol. The zero-order valence-corrected chi connectivity index (χ0v) is 32.3. The standard InChI is InChI=1S/C41H41N5O9S/c1-17-10-20-11-25-26(13-42)46-27-14-52-40(49)41(39-22(8-9-43-41)23-12-21(50-4)6-7-24(23)45-39)15-56-38(32(46)31(44-25)28(20)33(48)34(17)51-5)30-29(27)37-36(53-16-54-37)18(2)35(30)55-19(3)47/h6-7,10,12,25-27,31-32,38,43-45,48H,8-9,11,14-16H2,1-5H3/t25-,26-,27-,31+,32?,38+,41+/m0/s1. The van der Waals surface area contributed by atoms with Crippen LogP contribution in [0.2, 0.25) is 0 Å². The lowest BCUT2D eigenvalue weighted by atomic mass is 9.72. The third-order valence-electron chi connectivity index (χ3n) is 12.6. The molecule has 0 radical (unpaired) electrons. The fourth-order valence-electron chi connectivity index (χ4n) is 10.4. The number of nitrogens with zero attached hydrogens (tertiary/aromatic N) is 2. The number of esters is 2. The number of carbonyl (C=O) groups excluding carboxylic acids is 2. The van der Waals surface area contributed by atoms with Gasteiger partial charge in [0.1, 0.15) is 24.1 Å². The van der Waals surface area contributed by atoms with Crippen LogP contribution < -0.4 is 34.3 Å². The van der Waals surface area contributed by atoms with Crippen LogP contribution in [-0.4, -0.2) is 85.0 Å². The van der Waals surface area contributed by atoms with Gasteiger partial charge in [-0.15, -0.1) is 11.8 Å². The lowest BCUT2D eigenvalue weighted by Crippen LogP contribution is -2.69. The first-order chi connectivity index (χ1) is 27.1. The zero-order valence-electron chi connectivity index (χ0n) is 31.5. The summed E-state index contributed by atoms with van der Waals surface area (Å²) in [5.74, 6) is 1.70. The summed E-state index contributed by atoms with van der Waals surface area (Å²) in [5.41, 5.74) is 5.76. The number of H-pyrrole nitrogens is 1. The smallest absolute Gasteiger partial charge is 0.333 e. The van der Waals surface area contributed by atoms with E-state index in [2.05, 4.69) is 26.6 Å². The number of hydrogen-bond acceptors (Lipinski definition) is 14. The van der Waals surface area contributed by atoms with E-state index in [1.54, 1.807) is 14.2 Å². The molecule has 8 heterocycles. The molecule has 0 aliphatic carbocycles. The number of aromatic hydroxyl groups is 1. The maximum Gasteiger partial charge on any atom is 0.333 e. The highest BCUT2D eigenvalue weighted by Gasteiger charge is 2.60. The molecule has 4 N–H and O–H groups in total. The molecule has 7 aliphatic heterocycles.